The van der Waals surface area contributed by atoms with E-state index < -0.39 is 5.97 Å². The molecule has 0 radical (unpaired) electrons. The van der Waals surface area contributed by atoms with Crippen LogP contribution in [0, 0.1) is 6.92 Å². The fourth-order valence-electron chi connectivity index (χ4n) is 1.79. The average Bonchev–Trinajstić information content (AvgIpc) is 2.71. The summed E-state index contributed by atoms with van der Waals surface area (Å²) in [7, 11) is 0. The molecule has 0 amide bonds. The summed E-state index contributed by atoms with van der Waals surface area (Å²) in [5, 5.41) is 17.4. The van der Waals surface area contributed by atoms with Gasteiger partial charge in [0.2, 0.25) is 0 Å². The Morgan fingerprint density at radius 1 is 1.42 bits per heavy atom. The Morgan fingerprint density at radius 2 is 2.16 bits per heavy atom. The van der Waals surface area contributed by atoms with Crippen LogP contribution < -0.4 is 0 Å². The molecule has 0 aliphatic carbocycles. The van der Waals surface area contributed by atoms with Gasteiger partial charge in [-0.05, 0) is 18.6 Å². The van der Waals surface area contributed by atoms with Gasteiger partial charge in [-0.3, -0.25) is 4.79 Å². The maximum Gasteiger partial charge on any atom is 0.303 e. The van der Waals surface area contributed by atoms with Crippen molar-refractivity contribution in [2.24, 2.45) is 0 Å². The van der Waals surface area contributed by atoms with E-state index in [1.807, 2.05) is 31.2 Å². The molecule has 0 saturated carbocycles. The molecule has 0 aliphatic heterocycles. The minimum absolute atomic E-state index is 0.0611. The van der Waals surface area contributed by atoms with Crippen molar-refractivity contribution < 1.29 is 9.90 Å². The lowest BCUT2D eigenvalue weighted by molar-refractivity contribution is -0.136. The second-order valence-electron chi connectivity index (χ2n) is 4.26. The van der Waals surface area contributed by atoms with Crippen LogP contribution in [0.2, 0.25) is 5.02 Å². The first kappa shape index (κ1) is 13.5. The number of carboxylic acids is 1. The van der Waals surface area contributed by atoms with Gasteiger partial charge < -0.3 is 5.11 Å². The Hall–Kier alpha value is -1.88. The Kier molecular flexibility index (Phi) is 4.16. The first-order chi connectivity index (χ1) is 9.08. The van der Waals surface area contributed by atoms with Crippen LogP contribution in [-0.4, -0.2) is 26.1 Å². The summed E-state index contributed by atoms with van der Waals surface area (Å²) in [6.07, 6.45) is 0.454. The molecule has 1 aromatic heterocycles. The molecule has 100 valence electrons. The van der Waals surface area contributed by atoms with E-state index in [1.165, 1.54) is 0 Å². The molecule has 6 heteroatoms. The molecule has 19 heavy (non-hydrogen) atoms. The number of aliphatic carboxylic acids is 1. The van der Waals surface area contributed by atoms with Crippen molar-refractivity contribution in [3.05, 3.63) is 46.2 Å². The van der Waals surface area contributed by atoms with Crippen molar-refractivity contribution in [3.63, 3.8) is 0 Å². The molecule has 2 rings (SSSR count). The fourth-order valence-corrected chi connectivity index (χ4v) is 1.99. The van der Waals surface area contributed by atoms with E-state index in [0.717, 1.165) is 17.0 Å². The van der Waals surface area contributed by atoms with Gasteiger partial charge in [0.05, 0.1) is 24.4 Å². The Balaban J connectivity index is 2.14. The summed E-state index contributed by atoms with van der Waals surface area (Å²) in [5.74, 6) is -0.833. The van der Waals surface area contributed by atoms with Crippen LogP contribution in [0.25, 0.3) is 0 Å². The molecule has 0 atom stereocenters. The summed E-state index contributed by atoms with van der Waals surface area (Å²) >= 11 is 6.10. The minimum Gasteiger partial charge on any atom is -0.481 e. The molecule has 0 spiro atoms. The maximum atomic E-state index is 10.6. The van der Waals surface area contributed by atoms with Crippen molar-refractivity contribution in [2.75, 3.05) is 0 Å². The lowest BCUT2D eigenvalue weighted by atomic mass is 10.2. The molecule has 0 unspecified atom stereocenters. The Labute approximate surface area is 115 Å². The molecule has 1 aromatic carbocycles. The van der Waals surface area contributed by atoms with Gasteiger partial charge in [-0.25, -0.2) is 4.68 Å². The first-order valence-corrected chi connectivity index (χ1v) is 6.30. The summed E-state index contributed by atoms with van der Waals surface area (Å²) < 4.78 is 1.73. The lowest BCUT2D eigenvalue weighted by Gasteiger charge is -2.05. The molecule has 0 fully saturated rings. The Morgan fingerprint density at radius 3 is 2.84 bits per heavy atom. The van der Waals surface area contributed by atoms with Gasteiger partial charge in [0, 0.05) is 11.4 Å². The number of rotatable bonds is 5. The molecule has 5 nitrogen and oxygen atoms in total. The van der Waals surface area contributed by atoms with Crippen molar-refractivity contribution in [1.82, 2.24) is 15.0 Å². The van der Waals surface area contributed by atoms with Crippen LogP contribution in [0.3, 0.4) is 0 Å². The first-order valence-electron chi connectivity index (χ1n) is 5.92. The summed E-state index contributed by atoms with van der Waals surface area (Å²) in [6.45, 7) is 2.42. The van der Waals surface area contributed by atoms with Gasteiger partial charge in [-0.15, -0.1) is 5.10 Å². The molecule has 2 aromatic rings. The van der Waals surface area contributed by atoms with E-state index in [4.69, 9.17) is 16.7 Å². The zero-order valence-electron chi connectivity index (χ0n) is 10.5. The number of carbonyl (C=O) groups is 1. The lowest BCUT2D eigenvalue weighted by Crippen LogP contribution is -2.05. The second-order valence-corrected chi connectivity index (χ2v) is 4.67. The molecular formula is C13H14ClN3O2. The van der Waals surface area contributed by atoms with Crippen LogP contribution in [0.4, 0.5) is 0 Å². The van der Waals surface area contributed by atoms with E-state index in [9.17, 15) is 4.79 Å². The number of aryl methyl sites for hydroxylation is 1. The van der Waals surface area contributed by atoms with Gasteiger partial charge in [-0.1, -0.05) is 35.0 Å². The number of aromatic nitrogens is 3. The zero-order chi connectivity index (χ0) is 13.8. The van der Waals surface area contributed by atoms with E-state index in [-0.39, 0.29) is 6.42 Å². The van der Waals surface area contributed by atoms with Crippen LogP contribution in [0.1, 0.15) is 23.4 Å². The summed E-state index contributed by atoms with van der Waals surface area (Å²) in [5.41, 5.74) is 2.55. The number of nitrogens with zero attached hydrogens (tertiary/aromatic N) is 3. The van der Waals surface area contributed by atoms with Crippen molar-refractivity contribution in [2.45, 2.75) is 26.3 Å². The minimum atomic E-state index is -0.833. The van der Waals surface area contributed by atoms with E-state index in [0.29, 0.717) is 18.0 Å². The standard InChI is InChI=1S/C13H14ClN3O2/c1-9-12(6-7-13(18)19)15-16-17(9)8-10-4-2-3-5-11(10)14/h2-5H,6-8H2,1H3,(H,18,19). The largest absolute Gasteiger partial charge is 0.481 e. The highest BCUT2D eigenvalue weighted by Gasteiger charge is 2.11. The van der Waals surface area contributed by atoms with Crippen LogP contribution in [-0.2, 0) is 17.8 Å². The molecular weight excluding hydrogens is 266 g/mol. The summed E-state index contributed by atoms with van der Waals surface area (Å²) in [4.78, 5) is 10.6. The third kappa shape index (κ3) is 3.32. The van der Waals surface area contributed by atoms with E-state index >= 15 is 0 Å². The van der Waals surface area contributed by atoms with Crippen LogP contribution in [0.5, 0.6) is 0 Å². The van der Waals surface area contributed by atoms with E-state index in [1.54, 1.807) is 4.68 Å². The van der Waals surface area contributed by atoms with Crippen molar-refractivity contribution >= 4 is 17.6 Å². The van der Waals surface area contributed by atoms with Gasteiger partial charge >= 0.3 is 5.97 Å². The molecule has 1 N–H and O–H groups in total. The fraction of sp³-hybridized carbons (Fsp3) is 0.308. The number of hydrogen-bond donors (Lipinski definition) is 1. The van der Waals surface area contributed by atoms with E-state index in [2.05, 4.69) is 10.3 Å². The molecule has 0 aliphatic rings. The third-order valence-corrected chi connectivity index (χ3v) is 3.30. The normalized spacial score (nSPS) is 10.6. The van der Waals surface area contributed by atoms with Gasteiger partial charge in [0.1, 0.15) is 0 Å². The highest BCUT2D eigenvalue weighted by Crippen LogP contribution is 2.17. The van der Waals surface area contributed by atoms with Crippen LogP contribution in [0.15, 0.2) is 24.3 Å². The predicted octanol–water partition coefficient (Wildman–Crippen LogP) is 2.31. The van der Waals surface area contributed by atoms with Crippen molar-refractivity contribution in [1.29, 1.82) is 0 Å². The second kappa shape index (κ2) is 5.84. The SMILES string of the molecule is Cc1c(CCC(=O)O)nnn1Cc1ccccc1Cl. The average molecular weight is 280 g/mol. The van der Waals surface area contributed by atoms with Gasteiger partial charge in [0.15, 0.2) is 0 Å². The molecule has 0 saturated heterocycles. The quantitative estimate of drug-likeness (QED) is 0.912. The van der Waals surface area contributed by atoms with Gasteiger partial charge in [0.25, 0.3) is 0 Å². The predicted molar refractivity (Wildman–Crippen MR) is 71.3 cm³/mol. The monoisotopic (exact) mass is 279 g/mol. The third-order valence-electron chi connectivity index (χ3n) is 2.93. The topological polar surface area (TPSA) is 68.0 Å². The highest BCUT2D eigenvalue weighted by molar-refractivity contribution is 6.31. The maximum absolute atomic E-state index is 10.6. The molecule has 0 bridgehead atoms. The highest BCUT2D eigenvalue weighted by atomic mass is 35.5. The Bertz CT molecular complexity index is 595. The van der Waals surface area contributed by atoms with Crippen molar-refractivity contribution in [3.8, 4) is 0 Å². The smallest absolute Gasteiger partial charge is 0.303 e. The van der Waals surface area contributed by atoms with Crippen LogP contribution >= 0.6 is 11.6 Å². The molecule has 1 heterocycles. The number of halogens is 1. The number of carboxylic acid groups (broad SMARTS) is 1. The number of hydrogen-bond acceptors (Lipinski definition) is 3. The zero-order valence-corrected chi connectivity index (χ0v) is 11.3. The summed E-state index contributed by atoms with van der Waals surface area (Å²) in [6, 6.07) is 7.55. The van der Waals surface area contributed by atoms with Gasteiger partial charge in [-0.2, -0.15) is 0 Å². The number of benzene rings is 1.